The summed E-state index contributed by atoms with van der Waals surface area (Å²) in [7, 11) is 1.67. The lowest BCUT2D eigenvalue weighted by Crippen LogP contribution is -2.13. The van der Waals surface area contributed by atoms with Gasteiger partial charge in [-0.2, -0.15) is 10.4 Å². The first-order valence-electron chi connectivity index (χ1n) is 7.46. The van der Waals surface area contributed by atoms with Crippen LogP contribution in [0.1, 0.15) is 21.6 Å². The number of benzene rings is 1. The number of pyridine rings is 1. The van der Waals surface area contributed by atoms with Gasteiger partial charge in [0.2, 0.25) is 0 Å². The number of amides is 1. The van der Waals surface area contributed by atoms with Crippen molar-refractivity contribution in [1.82, 2.24) is 14.8 Å². The smallest absolute Gasteiger partial charge is 0.258 e. The fourth-order valence-corrected chi connectivity index (χ4v) is 2.39. The Bertz CT molecular complexity index is 986. The molecular formula is C18H14FN5O. The molecule has 2 aromatic heterocycles. The Balaban J connectivity index is 1.98. The molecular weight excluding hydrogens is 321 g/mol. The quantitative estimate of drug-likeness (QED) is 0.797. The zero-order valence-corrected chi connectivity index (χ0v) is 13.6. The van der Waals surface area contributed by atoms with Gasteiger partial charge in [0.15, 0.2) is 5.82 Å². The molecule has 25 heavy (non-hydrogen) atoms. The molecule has 0 saturated carbocycles. The van der Waals surface area contributed by atoms with Crippen molar-refractivity contribution in [3.05, 3.63) is 65.4 Å². The second-order valence-corrected chi connectivity index (χ2v) is 5.49. The van der Waals surface area contributed by atoms with Gasteiger partial charge in [0.1, 0.15) is 11.9 Å². The van der Waals surface area contributed by atoms with E-state index in [0.29, 0.717) is 11.1 Å². The van der Waals surface area contributed by atoms with Crippen molar-refractivity contribution in [3.63, 3.8) is 0 Å². The lowest BCUT2D eigenvalue weighted by molar-refractivity contribution is 0.102. The molecule has 124 valence electrons. The Labute approximate surface area is 143 Å². The topological polar surface area (TPSA) is 83.6 Å². The van der Waals surface area contributed by atoms with Crippen LogP contribution in [0.25, 0.3) is 11.1 Å². The summed E-state index contributed by atoms with van der Waals surface area (Å²) in [5.41, 5.74) is 1.69. The molecule has 0 radical (unpaired) electrons. The van der Waals surface area contributed by atoms with Crippen molar-refractivity contribution < 1.29 is 9.18 Å². The van der Waals surface area contributed by atoms with Gasteiger partial charge in [-0.1, -0.05) is 12.1 Å². The van der Waals surface area contributed by atoms with Crippen molar-refractivity contribution in [3.8, 4) is 17.2 Å². The highest BCUT2D eigenvalue weighted by atomic mass is 19.1. The van der Waals surface area contributed by atoms with Crippen LogP contribution in [0.2, 0.25) is 0 Å². The molecule has 0 saturated heterocycles. The van der Waals surface area contributed by atoms with Crippen molar-refractivity contribution in [2.75, 3.05) is 5.32 Å². The van der Waals surface area contributed by atoms with Crippen LogP contribution < -0.4 is 5.32 Å². The van der Waals surface area contributed by atoms with Gasteiger partial charge in [-0.05, 0) is 25.1 Å². The number of halogens is 1. The average Bonchev–Trinajstić information content (AvgIpc) is 2.95. The van der Waals surface area contributed by atoms with Crippen LogP contribution in [0.3, 0.4) is 0 Å². The number of aryl methyl sites for hydroxylation is 2. The molecule has 3 aromatic rings. The molecule has 7 heteroatoms. The van der Waals surface area contributed by atoms with Crippen LogP contribution in [0.4, 0.5) is 10.2 Å². The molecule has 3 rings (SSSR count). The van der Waals surface area contributed by atoms with E-state index in [2.05, 4.69) is 15.4 Å². The first-order chi connectivity index (χ1) is 12.0. The minimum atomic E-state index is -0.648. The number of hydrogen-bond acceptors (Lipinski definition) is 4. The van der Waals surface area contributed by atoms with Crippen LogP contribution in [0, 0.1) is 24.1 Å². The van der Waals surface area contributed by atoms with Gasteiger partial charge < -0.3 is 5.32 Å². The second kappa shape index (κ2) is 6.53. The monoisotopic (exact) mass is 335 g/mol. The maximum absolute atomic E-state index is 14.5. The predicted octanol–water partition coefficient (Wildman–Crippen LogP) is 3.05. The zero-order chi connectivity index (χ0) is 18.0. The molecule has 0 aliphatic rings. The number of carbonyl (C=O) groups is 1. The number of nitrogens with one attached hydrogen (secondary N) is 1. The molecule has 0 aliphatic carbocycles. The van der Waals surface area contributed by atoms with Crippen LogP contribution in [0.5, 0.6) is 0 Å². The van der Waals surface area contributed by atoms with E-state index in [1.165, 1.54) is 23.0 Å². The normalized spacial score (nSPS) is 10.3. The Hall–Kier alpha value is -3.53. The number of aromatic nitrogens is 3. The number of rotatable bonds is 3. The zero-order valence-electron chi connectivity index (χ0n) is 13.6. The molecule has 1 amide bonds. The lowest BCUT2D eigenvalue weighted by atomic mass is 10.0. The molecule has 6 nitrogen and oxygen atoms in total. The van der Waals surface area contributed by atoms with Crippen LogP contribution in [-0.2, 0) is 7.05 Å². The molecule has 0 bridgehead atoms. The summed E-state index contributed by atoms with van der Waals surface area (Å²) in [6, 6.07) is 9.70. The SMILES string of the molecule is Cc1ccc(C(=O)Nc2nn(C)cc2-c2cccc(C#N)c2F)cn1. The van der Waals surface area contributed by atoms with Gasteiger partial charge in [-0.25, -0.2) is 4.39 Å². The number of nitriles is 1. The van der Waals surface area contributed by atoms with E-state index in [9.17, 15) is 9.18 Å². The van der Waals surface area contributed by atoms with Gasteiger partial charge >= 0.3 is 0 Å². The van der Waals surface area contributed by atoms with Gasteiger partial charge in [-0.3, -0.25) is 14.5 Å². The number of nitrogens with zero attached hydrogens (tertiary/aromatic N) is 4. The van der Waals surface area contributed by atoms with Crippen LogP contribution in [-0.4, -0.2) is 20.7 Å². The van der Waals surface area contributed by atoms with Gasteiger partial charge in [-0.15, -0.1) is 0 Å². The molecule has 2 heterocycles. The van der Waals surface area contributed by atoms with Crippen molar-refractivity contribution in [2.45, 2.75) is 6.92 Å². The summed E-state index contributed by atoms with van der Waals surface area (Å²) in [5.74, 6) is -0.836. The Morgan fingerprint density at radius 2 is 2.08 bits per heavy atom. The molecule has 0 spiro atoms. The molecule has 0 unspecified atom stereocenters. The Kier molecular flexibility index (Phi) is 4.27. The summed E-state index contributed by atoms with van der Waals surface area (Å²) in [6.45, 7) is 1.82. The number of hydrogen-bond donors (Lipinski definition) is 1. The molecule has 0 fully saturated rings. The van der Waals surface area contributed by atoms with E-state index in [1.807, 2.05) is 6.92 Å². The van der Waals surface area contributed by atoms with E-state index in [4.69, 9.17) is 5.26 Å². The fourth-order valence-electron chi connectivity index (χ4n) is 2.39. The van der Waals surface area contributed by atoms with E-state index < -0.39 is 11.7 Å². The van der Waals surface area contributed by atoms with Gasteiger partial charge in [0.05, 0.1) is 11.1 Å². The van der Waals surface area contributed by atoms with E-state index >= 15 is 0 Å². The number of carbonyl (C=O) groups excluding carboxylic acids is 1. The predicted molar refractivity (Wildman–Crippen MR) is 90.2 cm³/mol. The summed E-state index contributed by atoms with van der Waals surface area (Å²) in [5, 5.41) is 15.8. The average molecular weight is 335 g/mol. The highest BCUT2D eigenvalue weighted by Gasteiger charge is 2.18. The summed E-state index contributed by atoms with van der Waals surface area (Å²) >= 11 is 0. The highest BCUT2D eigenvalue weighted by Crippen LogP contribution is 2.30. The third kappa shape index (κ3) is 3.23. The first kappa shape index (κ1) is 16.3. The molecule has 1 aromatic carbocycles. The molecule has 0 aliphatic heterocycles. The lowest BCUT2D eigenvalue weighted by Gasteiger charge is -2.07. The Morgan fingerprint density at radius 1 is 1.28 bits per heavy atom. The maximum atomic E-state index is 14.5. The Morgan fingerprint density at radius 3 is 2.76 bits per heavy atom. The van der Waals surface area contributed by atoms with Crippen molar-refractivity contribution in [2.24, 2.45) is 7.05 Å². The van der Waals surface area contributed by atoms with E-state index in [-0.39, 0.29) is 16.9 Å². The maximum Gasteiger partial charge on any atom is 0.258 e. The fraction of sp³-hybridized carbons (Fsp3) is 0.111. The largest absolute Gasteiger partial charge is 0.305 e. The molecule has 1 N–H and O–H groups in total. The number of anilines is 1. The van der Waals surface area contributed by atoms with E-state index in [0.717, 1.165) is 5.69 Å². The third-order valence-electron chi connectivity index (χ3n) is 3.64. The minimum Gasteiger partial charge on any atom is -0.305 e. The third-order valence-corrected chi connectivity index (χ3v) is 3.64. The molecule has 0 atom stereocenters. The first-order valence-corrected chi connectivity index (χ1v) is 7.46. The van der Waals surface area contributed by atoms with Gasteiger partial charge in [0.25, 0.3) is 5.91 Å². The summed E-state index contributed by atoms with van der Waals surface area (Å²) in [6.07, 6.45) is 3.05. The highest BCUT2D eigenvalue weighted by molar-refractivity contribution is 6.05. The van der Waals surface area contributed by atoms with Crippen LogP contribution in [0.15, 0.2) is 42.7 Å². The second-order valence-electron chi connectivity index (χ2n) is 5.49. The summed E-state index contributed by atoms with van der Waals surface area (Å²) < 4.78 is 15.9. The van der Waals surface area contributed by atoms with Crippen molar-refractivity contribution in [1.29, 1.82) is 5.26 Å². The van der Waals surface area contributed by atoms with Crippen molar-refractivity contribution >= 4 is 11.7 Å². The van der Waals surface area contributed by atoms with Crippen LogP contribution >= 0.6 is 0 Å². The van der Waals surface area contributed by atoms with E-state index in [1.54, 1.807) is 37.5 Å². The summed E-state index contributed by atoms with van der Waals surface area (Å²) in [4.78, 5) is 16.5. The van der Waals surface area contributed by atoms with Gasteiger partial charge in [0, 0.05) is 36.3 Å². The standard InChI is InChI=1S/C18H14FN5O/c1-11-6-7-13(9-21-11)18(25)22-17-15(10-24(2)23-17)14-5-3-4-12(8-20)16(14)19/h3-7,9-10H,1-2H3,(H,22,23,25). The minimum absolute atomic E-state index is 0.0682.